The van der Waals surface area contributed by atoms with Gasteiger partial charge in [-0.05, 0) is 39.8 Å². The third-order valence-electron chi connectivity index (χ3n) is 3.53. The predicted octanol–water partition coefficient (Wildman–Crippen LogP) is 3.54. The van der Waals surface area contributed by atoms with E-state index in [1.807, 2.05) is 27.7 Å². The first-order valence-corrected chi connectivity index (χ1v) is 6.81. The molecule has 2 rings (SSSR count). The van der Waals surface area contributed by atoms with Crippen molar-refractivity contribution in [3.8, 4) is 0 Å². The van der Waals surface area contributed by atoms with Crippen molar-refractivity contribution in [1.82, 2.24) is 0 Å². The van der Waals surface area contributed by atoms with Gasteiger partial charge in [-0.25, -0.2) is 4.39 Å². The van der Waals surface area contributed by atoms with Crippen LogP contribution in [0.25, 0.3) is 0 Å². The van der Waals surface area contributed by atoms with Crippen LogP contribution in [0.3, 0.4) is 0 Å². The zero-order valence-electron chi connectivity index (χ0n) is 10.7. The molecule has 0 spiro atoms. The molecule has 2 nitrogen and oxygen atoms in total. The van der Waals surface area contributed by atoms with Crippen LogP contribution in [0.15, 0.2) is 16.6 Å². The second-order valence-electron chi connectivity index (χ2n) is 5.37. The van der Waals surface area contributed by atoms with Crippen LogP contribution in [-0.2, 0) is 9.31 Å². The quantitative estimate of drug-likeness (QED) is 0.731. The van der Waals surface area contributed by atoms with Crippen LogP contribution in [0.1, 0.15) is 27.7 Å². The van der Waals surface area contributed by atoms with E-state index in [9.17, 15) is 4.39 Å². The Bertz CT molecular complexity index is 454. The van der Waals surface area contributed by atoms with Crippen molar-refractivity contribution < 1.29 is 13.7 Å². The third-order valence-corrected chi connectivity index (χ3v) is 4.30. The van der Waals surface area contributed by atoms with Gasteiger partial charge in [0.25, 0.3) is 0 Å². The minimum Gasteiger partial charge on any atom is -0.399 e. The molecule has 1 aliphatic heterocycles. The molecule has 6 heteroatoms. The largest absolute Gasteiger partial charge is 0.499 e. The highest BCUT2D eigenvalue weighted by Crippen LogP contribution is 2.37. The number of halogens is 3. The molecule has 0 atom stereocenters. The van der Waals surface area contributed by atoms with Crippen LogP contribution in [0.5, 0.6) is 0 Å². The molecule has 0 aromatic heterocycles. The summed E-state index contributed by atoms with van der Waals surface area (Å²) in [7, 11) is -0.782. The minimum absolute atomic E-state index is 0.249. The van der Waals surface area contributed by atoms with Gasteiger partial charge in [-0.15, -0.1) is 0 Å². The van der Waals surface area contributed by atoms with Crippen molar-refractivity contribution in [3.05, 3.63) is 27.4 Å². The van der Waals surface area contributed by atoms with Crippen molar-refractivity contribution in [3.63, 3.8) is 0 Å². The van der Waals surface area contributed by atoms with Crippen LogP contribution >= 0.6 is 27.5 Å². The van der Waals surface area contributed by atoms with E-state index in [4.69, 9.17) is 20.9 Å². The van der Waals surface area contributed by atoms with Gasteiger partial charge in [0.2, 0.25) is 0 Å². The average Bonchev–Trinajstić information content (AvgIpc) is 2.32. The Labute approximate surface area is 120 Å². The zero-order chi connectivity index (χ0) is 13.7. The zero-order valence-corrected chi connectivity index (χ0v) is 13.0. The molecule has 1 heterocycles. The van der Waals surface area contributed by atoms with E-state index < -0.39 is 24.1 Å². The van der Waals surface area contributed by atoms with Crippen molar-refractivity contribution >= 4 is 40.1 Å². The average molecular weight is 335 g/mol. The maximum absolute atomic E-state index is 14.0. The molecule has 1 aromatic rings. The number of hydrogen-bond donors (Lipinski definition) is 0. The summed E-state index contributed by atoms with van der Waals surface area (Å²) >= 11 is 9.27. The summed E-state index contributed by atoms with van der Waals surface area (Å²) in [4.78, 5) is 0. The van der Waals surface area contributed by atoms with E-state index in [1.165, 1.54) is 6.07 Å². The van der Waals surface area contributed by atoms with Crippen molar-refractivity contribution in [2.45, 2.75) is 38.9 Å². The van der Waals surface area contributed by atoms with Gasteiger partial charge in [-0.1, -0.05) is 27.5 Å². The molecule has 0 unspecified atom stereocenters. The maximum Gasteiger partial charge on any atom is 0.499 e. The van der Waals surface area contributed by atoms with Gasteiger partial charge in [-0.3, -0.25) is 0 Å². The summed E-state index contributed by atoms with van der Waals surface area (Å²) in [5, 5.41) is 0.292. The molecule has 0 aliphatic carbocycles. The molecule has 0 N–H and O–H groups in total. The summed E-state index contributed by atoms with van der Waals surface area (Å²) < 4.78 is 26.2. The number of hydrogen-bond acceptors (Lipinski definition) is 2. The second kappa shape index (κ2) is 4.48. The Hall–Kier alpha value is -0.0951. The molecular formula is C12H14BBrClFO2. The lowest BCUT2D eigenvalue weighted by atomic mass is 9.78. The van der Waals surface area contributed by atoms with Crippen LogP contribution in [0.4, 0.5) is 4.39 Å². The van der Waals surface area contributed by atoms with E-state index >= 15 is 0 Å². The SMILES string of the molecule is CC1(C)OB(c2c(F)cc(Br)cc2Cl)OC1(C)C. The molecule has 1 fully saturated rings. The highest BCUT2D eigenvalue weighted by molar-refractivity contribution is 9.10. The Morgan fingerprint density at radius 1 is 1.17 bits per heavy atom. The van der Waals surface area contributed by atoms with E-state index in [1.54, 1.807) is 6.07 Å². The lowest BCUT2D eigenvalue weighted by Gasteiger charge is -2.32. The summed E-state index contributed by atoms with van der Waals surface area (Å²) in [5.74, 6) is -0.437. The topological polar surface area (TPSA) is 18.5 Å². The molecule has 0 saturated carbocycles. The molecule has 0 bridgehead atoms. The molecule has 1 saturated heterocycles. The van der Waals surface area contributed by atoms with Gasteiger partial charge in [0.15, 0.2) is 0 Å². The summed E-state index contributed by atoms with van der Waals surface area (Å²) in [5.41, 5.74) is -0.778. The third kappa shape index (κ3) is 2.33. The van der Waals surface area contributed by atoms with Gasteiger partial charge in [0.05, 0.1) is 11.2 Å². The lowest BCUT2D eigenvalue weighted by Crippen LogP contribution is -2.41. The normalized spacial score (nSPS) is 21.4. The number of rotatable bonds is 1. The standard InChI is InChI=1S/C12H14BBrClFO2/c1-11(2)12(3,4)18-13(17-11)10-8(15)5-7(14)6-9(10)16/h5-6H,1-4H3. The van der Waals surface area contributed by atoms with Crippen molar-refractivity contribution in [2.75, 3.05) is 0 Å². The maximum atomic E-state index is 14.0. The Balaban J connectivity index is 2.42. The van der Waals surface area contributed by atoms with E-state index in [2.05, 4.69) is 15.9 Å². The van der Waals surface area contributed by atoms with E-state index in [0.717, 1.165) is 0 Å². The smallest absolute Gasteiger partial charge is 0.399 e. The first-order valence-electron chi connectivity index (χ1n) is 5.64. The van der Waals surface area contributed by atoms with Gasteiger partial charge in [-0.2, -0.15) is 0 Å². The highest BCUT2D eigenvalue weighted by atomic mass is 79.9. The highest BCUT2D eigenvalue weighted by Gasteiger charge is 2.53. The second-order valence-corrected chi connectivity index (χ2v) is 6.69. The first kappa shape index (κ1) is 14.3. The van der Waals surface area contributed by atoms with E-state index in [0.29, 0.717) is 9.50 Å². The van der Waals surface area contributed by atoms with Crippen molar-refractivity contribution in [2.24, 2.45) is 0 Å². The first-order chi connectivity index (χ1) is 8.14. The van der Waals surface area contributed by atoms with Crippen LogP contribution < -0.4 is 5.46 Å². The van der Waals surface area contributed by atoms with Crippen LogP contribution in [-0.4, -0.2) is 18.3 Å². The molecule has 18 heavy (non-hydrogen) atoms. The van der Waals surface area contributed by atoms with Crippen LogP contribution in [0, 0.1) is 5.82 Å². The summed E-state index contributed by atoms with van der Waals surface area (Å²) in [6, 6.07) is 2.98. The monoisotopic (exact) mass is 334 g/mol. The molecule has 0 amide bonds. The molecule has 1 aliphatic rings. The van der Waals surface area contributed by atoms with Gasteiger partial charge < -0.3 is 9.31 Å². The molecule has 98 valence electrons. The van der Waals surface area contributed by atoms with Gasteiger partial charge in [0, 0.05) is 15.0 Å². The summed E-state index contributed by atoms with van der Waals surface area (Å²) in [6.07, 6.45) is 0. The fraction of sp³-hybridized carbons (Fsp3) is 0.500. The number of benzene rings is 1. The Kier molecular flexibility index (Phi) is 3.56. The van der Waals surface area contributed by atoms with Crippen molar-refractivity contribution in [1.29, 1.82) is 0 Å². The predicted molar refractivity (Wildman–Crippen MR) is 74.8 cm³/mol. The fourth-order valence-electron chi connectivity index (χ4n) is 1.74. The molecule has 1 aromatic carbocycles. The Morgan fingerprint density at radius 2 is 1.67 bits per heavy atom. The minimum atomic E-state index is -0.782. The summed E-state index contributed by atoms with van der Waals surface area (Å²) in [6.45, 7) is 7.66. The van der Waals surface area contributed by atoms with Gasteiger partial charge in [0.1, 0.15) is 5.82 Å². The fourth-order valence-corrected chi connectivity index (χ4v) is 2.60. The van der Waals surface area contributed by atoms with Crippen LogP contribution in [0.2, 0.25) is 5.02 Å². The molecule has 0 radical (unpaired) electrons. The van der Waals surface area contributed by atoms with Gasteiger partial charge >= 0.3 is 7.12 Å². The lowest BCUT2D eigenvalue weighted by molar-refractivity contribution is 0.00578. The Morgan fingerprint density at radius 3 is 2.11 bits per heavy atom. The van der Waals surface area contributed by atoms with E-state index in [-0.39, 0.29) is 5.46 Å². The molecular weight excluding hydrogens is 321 g/mol.